The van der Waals surface area contributed by atoms with Crippen LogP contribution in [-0.2, 0) is 16.6 Å². The van der Waals surface area contributed by atoms with Gasteiger partial charge in [0.2, 0.25) is 10.0 Å². The van der Waals surface area contributed by atoms with Crippen LogP contribution >= 0.6 is 11.3 Å². The van der Waals surface area contributed by atoms with Crippen molar-refractivity contribution in [2.45, 2.75) is 26.3 Å². The zero-order valence-electron chi connectivity index (χ0n) is 11.7. The van der Waals surface area contributed by atoms with Crippen LogP contribution in [0.2, 0.25) is 0 Å². The molecule has 1 saturated heterocycles. The maximum atomic E-state index is 11.4. The Morgan fingerprint density at radius 1 is 1.32 bits per heavy atom. The van der Waals surface area contributed by atoms with Gasteiger partial charge in [-0.25, -0.2) is 13.4 Å². The van der Waals surface area contributed by atoms with Gasteiger partial charge >= 0.3 is 0 Å². The third-order valence-electron chi connectivity index (χ3n) is 3.25. The van der Waals surface area contributed by atoms with E-state index in [1.54, 1.807) is 15.6 Å². The summed E-state index contributed by atoms with van der Waals surface area (Å²) in [6.07, 6.45) is 1.28. The van der Waals surface area contributed by atoms with Crippen LogP contribution in [0.1, 0.15) is 30.5 Å². The van der Waals surface area contributed by atoms with E-state index in [2.05, 4.69) is 29.1 Å². The molecule has 0 radical (unpaired) electrons. The number of sulfonamides is 1. The SMILES string of the molecule is CC(C)c1nc(CN2CCN(S(C)(=O)=O)CC2)cs1. The van der Waals surface area contributed by atoms with Crippen molar-refractivity contribution in [1.82, 2.24) is 14.2 Å². The summed E-state index contributed by atoms with van der Waals surface area (Å²) in [7, 11) is -3.04. The molecule has 0 spiro atoms. The van der Waals surface area contributed by atoms with E-state index in [4.69, 9.17) is 0 Å². The molecule has 0 atom stereocenters. The Morgan fingerprint density at radius 2 is 1.95 bits per heavy atom. The number of hydrogen-bond acceptors (Lipinski definition) is 5. The highest BCUT2D eigenvalue weighted by Crippen LogP contribution is 2.20. The second-order valence-corrected chi connectivity index (χ2v) is 8.14. The van der Waals surface area contributed by atoms with Gasteiger partial charge in [0.1, 0.15) is 0 Å². The van der Waals surface area contributed by atoms with Crippen molar-refractivity contribution in [2.75, 3.05) is 32.4 Å². The summed E-state index contributed by atoms with van der Waals surface area (Å²) in [6.45, 7) is 7.84. The lowest BCUT2D eigenvalue weighted by atomic mass is 10.2. The molecule has 2 heterocycles. The highest BCUT2D eigenvalue weighted by molar-refractivity contribution is 7.88. The summed E-state index contributed by atoms with van der Waals surface area (Å²) in [5, 5.41) is 3.28. The lowest BCUT2D eigenvalue weighted by Gasteiger charge is -2.32. The minimum absolute atomic E-state index is 0.473. The Morgan fingerprint density at radius 3 is 2.42 bits per heavy atom. The second-order valence-electron chi connectivity index (χ2n) is 5.27. The molecular weight excluding hydrogens is 282 g/mol. The molecule has 5 nitrogen and oxygen atoms in total. The standard InChI is InChI=1S/C12H21N3O2S2/c1-10(2)12-13-11(9-18-12)8-14-4-6-15(7-5-14)19(3,16)17/h9-10H,4-8H2,1-3H3. The summed E-state index contributed by atoms with van der Waals surface area (Å²) >= 11 is 1.71. The average Bonchev–Trinajstić information content (AvgIpc) is 2.77. The third-order valence-corrected chi connectivity index (χ3v) is 5.75. The molecule has 2 rings (SSSR count). The van der Waals surface area contributed by atoms with E-state index >= 15 is 0 Å². The number of hydrogen-bond donors (Lipinski definition) is 0. The molecule has 0 saturated carbocycles. The molecule has 0 aliphatic carbocycles. The van der Waals surface area contributed by atoms with E-state index in [1.807, 2.05) is 0 Å². The van der Waals surface area contributed by atoms with Crippen LogP contribution < -0.4 is 0 Å². The number of rotatable bonds is 4. The fourth-order valence-corrected chi connectivity index (χ4v) is 3.76. The number of aromatic nitrogens is 1. The van der Waals surface area contributed by atoms with Crippen molar-refractivity contribution < 1.29 is 8.42 Å². The average molecular weight is 303 g/mol. The molecular formula is C12H21N3O2S2. The van der Waals surface area contributed by atoms with Crippen molar-refractivity contribution in [3.05, 3.63) is 16.1 Å². The Kier molecular flexibility index (Phi) is 4.60. The first kappa shape index (κ1) is 14.9. The van der Waals surface area contributed by atoms with E-state index in [0.29, 0.717) is 19.0 Å². The number of nitrogens with zero attached hydrogens (tertiary/aromatic N) is 3. The number of piperazine rings is 1. The highest BCUT2D eigenvalue weighted by atomic mass is 32.2. The summed E-state index contributed by atoms with van der Waals surface area (Å²) in [5.41, 5.74) is 1.10. The Bertz CT molecular complexity index is 517. The maximum absolute atomic E-state index is 11.4. The molecule has 1 fully saturated rings. The Hall–Kier alpha value is -0.500. The van der Waals surface area contributed by atoms with Gasteiger partial charge in [-0.2, -0.15) is 4.31 Å². The van der Waals surface area contributed by atoms with Gasteiger partial charge in [0.25, 0.3) is 0 Å². The lowest BCUT2D eigenvalue weighted by Crippen LogP contribution is -2.47. The highest BCUT2D eigenvalue weighted by Gasteiger charge is 2.23. The summed E-state index contributed by atoms with van der Waals surface area (Å²) in [5.74, 6) is 0.473. The molecule has 0 aromatic carbocycles. The van der Waals surface area contributed by atoms with Crippen LogP contribution in [0.4, 0.5) is 0 Å². The molecule has 1 aromatic heterocycles. The Balaban J connectivity index is 1.88. The largest absolute Gasteiger partial charge is 0.295 e. The first-order chi connectivity index (χ1) is 8.86. The van der Waals surface area contributed by atoms with Gasteiger partial charge in [0, 0.05) is 44.0 Å². The minimum Gasteiger partial charge on any atom is -0.295 e. The third kappa shape index (κ3) is 3.98. The quantitative estimate of drug-likeness (QED) is 0.842. The number of thiazole rings is 1. The van der Waals surface area contributed by atoms with Gasteiger partial charge in [-0.1, -0.05) is 13.8 Å². The monoisotopic (exact) mass is 303 g/mol. The van der Waals surface area contributed by atoms with Crippen LogP contribution in [0.5, 0.6) is 0 Å². The van der Waals surface area contributed by atoms with Crippen molar-refractivity contribution in [3.63, 3.8) is 0 Å². The van der Waals surface area contributed by atoms with Crippen LogP contribution in [0.15, 0.2) is 5.38 Å². The normalized spacial score (nSPS) is 19.2. The second kappa shape index (κ2) is 5.87. The summed E-state index contributed by atoms with van der Waals surface area (Å²) in [6, 6.07) is 0. The zero-order chi connectivity index (χ0) is 14.0. The molecule has 1 aromatic rings. The fourth-order valence-electron chi connectivity index (χ4n) is 2.11. The van der Waals surface area contributed by atoms with E-state index in [1.165, 1.54) is 11.3 Å². The molecule has 0 N–H and O–H groups in total. The van der Waals surface area contributed by atoms with E-state index in [0.717, 1.165) is 25.3 Å². The van der Waals surface area contributed by atoms with Crippen LogP contribution in [0, 0.1) is 0 Å². The van der Waals surface area contributed by atoms with Gasteiger partial charge in [-0.3, -0.25) is 4.90 Å². The predicted octanol–water partition coefficient (Wildman–Crippen LogP) is 1.34. The van der Waals surface area contributed by atoms with Crippen LogP contribution in [-0.4, -0.2) is 55.0 Å². The first-order valence-electron chi connectivity index (χ1n) is 6.48. The molecule has 108 valence electrons. The molecule has 7 heteroatoms. The topological polar surface area (TPSA) is 53.5 Å². The summed E-state index contributed by atoms with van der Waals surface area (Å²) in [4.78, 5) is 6.88. The molecule has 0 unspecified atom stereocenters. The molecule has 19 heavy (non-hydrogen) atoms. The van der Waals surface area contributed by atoms with Crippen LogP contribution in [0.25, 0.3) is 0 Å². The smallest absolute Gasteiger partial charge is 0.211 e. The van der Waals surface area contributed by atoms with Gasteiger partial charge in [-0.05, 0) is 0 Å². The van der Waals surface area contributed by atoms with E-state index < -0.39 is 10.0 Å². The van der Waals surface area contributed by atoms with Crippen LogP contribution in [0.3, 0.4) is 0 Å². The first-order valence-corrected chi connectivity index (χ1v) is 9.21. The Labute approximate surface area is 119 Å². The minimum atomic E-state index is -3.04. The molecule has 0 bridgehead atoms. The molecule has 1 aliphatic rings. The van der Waals surface area contributed by atoms with E-state index in [-0.39, 0.29) is 0 Å². The van der Waals surface area contributed by atoms with Gasteiger partial charge in [0.15, 0.2) is 0 Å². The van der Waals surface area contributed by atoms with Crippen molar-refractivity contribution in [1.29, 1.82) is 0 Å². The van der Waals surface area contributed by atoms with Gasteiger partial charge < -0.3 is 0 Å². The van der Waals surface area contributed by atoms with Gasteiger partial charge in [0.05, 0.1) is 17.0 Å². The van der Waals surface area contributed by atoms with Crippen molar-refractivity contribution >= 4 is 21.4 Å². The molecule has 1 aliphatic heterocycles. The lowest BCUT2D eigenvalue weighted by molar-refractivity contribution is 0.180. The predicted molar refractivity (Wildman–Crippen MR) is 77.9 cm³/mol. The summed E-state index contributed by atoms with van der Waals surface area (Å²) < 4.78 is 24.4. The van der Waals surface area contributed by atoms with E-state index in [9.17, 15) is 8.42 Å². The maximum Gasteiger partial charge on any atom is 0.211 e. The molecule has 0 amide bonds. The van der Waals surface area contributed by atoms with Crippen molar-refractivity contribution in [3.8, 4) is 0 Å². The fraction of sp³-hybridized carbons (Fsp3) is 0.750. The zero-order valence-corrected chi connectivity index (χ0v) is 13.3. The van der Waals surface area contributed by atoms with Gasteiger partial charge in [-0.15, -0.1) is 11.3 Å². The van der Waals surface area contributed by atoms with Crippen molar-refractivity contribution in [2.24, 2.45) is 0 Å².